The number of rotatable bonds is 5. The second-order valence-corrected chi connectivity index (χ2v) is 4.95. The smallest absolute Gasteiger partial charge is 0.251 e. The van der Waals surface area contributed by atoms with E-state index in [4.69, 9.17) is 0 Å². The largest absolute Gasteiger partial charge is 0.350 e. The van der Waals surface area contributed by atoms with Crippen molar-refractivity contribution in [1.29, 1.82) is 0 Å². The third-order valence-electron chi connectivity index (χ3n) is 3.37. The molecule has 0 radical (unpaired) electrons. The van der Waals surface area contributed by atoms with Crippen molar-refractivity contribution in [3.8, 4) is 11.3 Å². The van der Waals surface area contributed by atoms with E-state index in [1.165, 1.54) is 0 Å². The molecule has 0 unspecified atom stereocenters. The molecule has 0 aliphatic carbocycles. The number of aromatic nitrogens is 2. The lowest BCUT2D eigenvalue weighted by atomic mass is 10.2. The first-order valence-corrected chi connectivity index (χ1v) is 7.25. The highest BCUT2D eigenvalue weighted by Gasteiger charge is 2.04. The van der Waals surface area contributed by atoms with E-state index in [2.05, 4.69) is 10.4 Å². The summed E-state index contributed by atoms with van der Waals surface area (Å²) in [6.07, 6.45) is 1.93. The molecule has 1 N–H and O–H groups in total. The standard InChI is InChI=1S/C18H17N3O/c22-18(16-9-5-2-6-10-16)19-12-14-21-13-11-17(20-21)15-7-3-1-4-8-15/h1-11,13H,12,14H2,(H,19,22). The lowest BCUT2D eigenvalue weighted by Gasteiger charge is -2.05. The van der Waals surface area contributed by atoms with Crippen LogP contribution in [0.25, 0.3) is 11.3 Å². The summed E-state index contributed by atoms with van der Waals surface area (Å²) in [7, 11) is 0. The highest BCUT2D eigenvalue weighted by atomic mass is 16.1. The predicted octanol–water partition coefficient (Wildman–Crippen LogP) is 2.98. The minimum Gasteiger partial charge on any atom is -0.350 e. The van der Waals surface area contributed by atoms with Gasteiger partial charge in [-0.2, -0.15) is 5.10 Å². The maximum Gasteiger partial charge on any atom is 0.251 e. The lowest BCUT2D eigenvalue weighted by molar-refractivity contribution is 0.0952. The first kappa shape index (κ1) is 14.1. The van der Waals surface area contributed by atoms with Crippen LogP contribution in [-0.2, 0) is 6.54 Å². The van der Waals surface area contributed by atoms with E-state index in [9.17, 15) is 4.79 Å². The van der Waals surface area contributed by atoms with Gasteiger partial charge in [-0.05, 0) is 18.2 Å². The van der Waals surface area contributed by atoms with Crippen LogP contribution in [0.1, 0.15) is 10.4 Å². The minimum absolute atomic E-state index is 0.0592. The van der Waals surface area contributed by atoms with E-state index in [0.29, 0.717) is 18.7 Å². The van der Waals surface area contributed by atoms with Crippen molar-refractivity contribution in [1.82, 2.24) is 15.1 Å². The molecule has 22 heavy (non-hydrogen) atoms. The number of nitrogens with zero attached hydrogens (tertiary/aromatic N) is 2. The van der Waals surface area contributed by atoms with Gasteiger partial charge in [-0.15, -0.1) is 0 Å². The summed E-state index contributed by atoms with van der Waals surface area (Å²) in [5, 5.41) is 7.41. The SMILES string of the molecule is O=C(NCCn1ccc(-c2ccccc2)n1)c1ccccc1. The van der Waals surface area contributed by atoms with E-state index in [1.807, 2.05) is 65.5 Å². The molecule has 0 saturated heterocycles. The molecule has 0 saturated carbocycles. The average molecular weight is 291 g/mol. The Morgan fingerprint density at radius 1 is 0.955 bits per heavy atom. The van der Waals surface area contributed by atoms with E-state index in [1.54, 1.807) is 12.1 Å². The van der Waals surface area contributed by atoms with Gasteiger partial charge >= 0.3 is 0 Å². The second kappa shape index (κ2) is 6.72. The Balaban J connectivity index is 1.55. The highest BCUT2D eigenvalue weighted by molar-refractivity contribution is 5.94. The van der Waals surface area contributed by atoms with Crippen LogP contribution >= 0.6 is 0 Å². The van der Waals surface area contributed by atoms with E-state index in [0.717, 1.165) is 11.3 Å². The summed E-state index contributed by atoms with van der Waals surface area (Å²) in [5.41, 5.74) is 2.71. The Bertz CT molecular complexity index is 735. The van der Waals surface area contributed by atoms with Crippen molar-refractivity contribution >= 4 is 5.91 Å². The zero-order valence-corrected chi connectivity index (χ0v) is 12.1. The number of hydrogen-bond acceptors (Lipinski definition) is 2. The van der Waals surface area contributed by atoms with Gasteiger partial charge in [-0.1, -0.05) is 48.5 Å². The number of nitrogens with one attached hydrogen (secondary N) is 1. The van der Waals surface area contributed by atoms with E-state index < -0.39 is 0 Å². The molecule has 1 heterocycles. The van der Waals surface area contributed by atoms with Crippen molar-refractivity contribution in [2.45, 2.75) is 6.54 Å². The molecular weight excluding hydrogens is 274 g/mol. The topological polar surface area (TPSA) is 46.9 Å². The van der Waals surface area contributed by atoms with Crippen molar-refractivity contribution in [3.05, 3.63) is 78.5 Å². The summed E-state index contributed by atoms with van der Waals surface area (Å²) >= 11 is 0. The van der Waals surface area contributed by atoms with Crippen LogP contribution in [-0.4, -0.2) is 22.2 Å². The molecule has 4 nitrogen and oxygen atoms in total. The molecule has 0 spiro atoms. The quantitative estimate of drug-likeness (QED) is 0.785. The molecule has 3 rings (SSSR count). The Kier molecular flexibility index (Phi) is 4.30. The van der Waals surface area contributed by atoms with Gasteiger partial charge in [0.1, 0.15) is 0 Å². The number of carbonyl (C=O) groups excluding carboxylic acids is 1. The Labute approximate surface area is 129 Å². The van der Waals surface area contributed by atoms with Gasteiger partial charge in [0.15, 0.2) is 0 Å². The number of amides is 1. The summed E-state index contributed by atoms with van der Waals surface area (Å²) in [5.74, 6) is -0.0592. The predicted molar refractivity (Wildman–Crippen MR) is 86.4 cm³/mol. The molecule has 0 aliphatic heterocycles. The fourth-order valence-electron chi connectivity index (χ4n) is 2.22. The number of benzene rings is 2. The summed E-state index contributed by atoms with van der Waals surface area (Å²) in [4.78, 5) is 11.9. The van der Waals surface area contributed by atoms with Crippen LogP contribution in [0.2, 0.25) is 0 Å². The summed E-state index contributed by atoms with van der Waals surface area (Å²) in [6.45, 7) is 1.19. The second-order valence-electron chi connectivity index (χ2n) is 4.95. The number of carbonyl (C=O) groups is 1. The Morgan fingerprint density at radius 2 is 1.64 bits per heavy atom. The highest BCUT2D eigenvalue weighted by Crippen LogP contribution is 2.15. The minimum atomic E-state index is -0.0592. The number of hydrogen-bond donors (Lipinski definition) is 1. The van der Waals surface area contributed by atoms with Gasteiger partial charge in [0.2, 0.25) is 0 Å². The van der Waals surface area contributed by atoms with E-state index in [-0.39, 0.29) is 5.91 Å². The van der Waals surface area contributed by atoms with Crippen LogP contribution in [0.3, 0.4) is 0 Å². The van der Waals surface area contributed by atoms with Crippen LogP contribution < -0.4 is 5.32 Å². The van der Waals surface area contributed by atoms with Crippen molar-refractivity contribution in [2.75, 3.05) is 6.54 Å². The zero-order valence-electron chi connectivity index (χ0n) is 12.1. The normalized spacial score (nSPS) is 10.4. The summed E-state index contributed by atoms with van der Waals surface area (Å²) < 4.78 is 1.84. The Hall–Kier alpha value is -2.88. The molecule has 1 aromatic heterocycles. The maximum atomic E-state index is 11.9. The molecule has 2 aromatic carbocycles. The molecule has 0 atom stereocenters. The lowest BCUT2D eigenvalue weighted by Crippen LogP contribution is -2.27. The van der Waals surface area contributed by atoms with Crippen molar-refractivity contribution in [2.24, 2.45) is 0 Å². The first-order valence-electron chi connectivity index (χ1n) is 7.25. The third kappa shape index (κ3) is 3.41. The third-order valence-corrected chi connectivity index (χ3v) is 3.37. The fraction of sp³-hybridized carbons (Fsp3) is 0.111. The van der Waals surface area contributed by atoms with Gasteiger partial charge < -0.3 is 5.32 Å². The Morgan fingerprint density at radius 3 is 2.36 bits per heavy atom. The van der Waals surface area contributed by atoms with Crippen molar-refractivity contribution < 1.29 is 4.79 Å². The monoisotopic (exact) mass is 291 g/mol. The van der Waals surface area contributed by atoms with Gasteiger partial charge in [-0.3, -0.25) is 9.48 Å². The molecular formula is C18H17N3O. The van der Waals surface area contributed by atoms with Crippen LogP contribution in [0.15, 0.2) is 72.9 Å². The van der Waals surface area contributed by atoms with Gasteiger partial charge in [-0.25, -0.2) is 0 Å². The molecule has 3 aromatic rings. The van der Waals surface area contributed by atoms with Crippen LogP contribution in [0.4, 0.5) is 0 Å². The van der Waals surface area contributed by atoms with Crippen LogP contribution in [0, 0.1) is 0 Å². The van der Waals surface area contributed by atoms with Crippen molar-refractivity contribution in [3.63, 3.8) is 0 Å². The average Bonchev–Trinajstić information content (AvgIpc) is 3.05. The van der Waals surface area contributed by atoms with Gasteiger partial charge in [0, 0.05) is 23.9 Å². The molecule has 4 heteroatoms. The van der Waals surface area contributed by atoms with Gasteiger partial charge in [0.05, 0.1) is 12.2 Å². The molecule has 1 amide bonds. The summed E-state index contributed by atoms with van der Waals surface area (Å²) in [6, 6.07) is 21.2. The molecule has 0 aliphatic rings. The first-order chi connectivity index (χ1) is 10.8. The fourth-order valence-corrected chi connectivity index (χ4v) is 2.22. The molecule has 110 valence electrons. The van der Waals surface area contributed by atoms with Crippen LogP contribution in [0.5, 0.6) is 0 Å². The molecule has 0 bridgehead atoms. The van der Waals surface area contributed by atoms with E-state index >= 15 is 0 Å². The molecule has 0 fully saturated rings. The zero-order chi connectivity index (χ0) is 15.2. The van der Waals surface area contributed by atoms with Gasteiger partial charge in [0.25, 0.3) is 5.91 Å². The maximum absolute atomic E-state index is 11.9.